The number of hydrogen-bond donors (Lipinski definition) is 2. The number of aromatic nitrogens is 1. The van der Waals surface area contributed by atoms with Crippen molar-refractivity contribution in [2.24, 2.45) is 0 Å². The van der Waals surface area contributed by atoms with E-state index >= 15 is 0 Å². The Labute approximate surface area is 121 Å². The molecule has 0 saturated carbocycles. The molecule has 5 nitrogen and oxygen atoms in total. The predicted molar refractivity (Wildman–Crippen MR) is 83.2 cm³/mol. The Hall–Kier alpha value is -1.49. The minimum absolute atomic E-state index is 0.300. The zero-order chi connectivity index (χ0) is 14.8. The third-order valence-electron chi connectivity index (χ3n) is 3.48. The van der Waals surface area contributed by atoms with E-state index in [9.17, 15) is 0 Å². The first-order valence-corrected chi connectivity index (χ1v) is 7.25. The zero-order valence-corrected chi connectivity index (χ0v) is 12.9. The number of ether oxygens (including phenoxy) is 1. The topological polar surface area (TPSA) is 63.4 Å². The number of anilines is 2. The molecule has 0 aromatic carbocycles. The van der Waals surface area contributed by atoms with Gasteiger partial charge in [0, 0.05) is 12.6 Å². The number of nitrogens with zero attached hydrogens (tertiary/aromatic N) is 2. The molecule has 1 aliphatic rings. The summed E-state index contributed by atoms with van der Waals surface area (Å²) < 4.78 is 5.78. The molecule has 5 heteroatoms. The average molecular weight is 278 g/mol. The molecule has 1 aliphatic heterocycles. The summed E-state index contributed by atoms with van der Waals surface area (Å²) in [5.74, 6) is 1.32. The van der Waals surface area contributed by atoms with E-state index in [0.717, 1.165) is 12.4 Å². The summed E-state index contributed by atoms with van der Waals surface area (Å²) in [6.07, 6.45) is 2.51. The fourth-order valence-corrected chi connectivity index (χ4v) is 2.38. The van der Waals surface area contributed by atoms with Crippen LogP contribution >= 0.6 is 0 Å². The molecule has 1 fully saturated rings. The van der Waals surface area contributed by atoms with E-state index in [4.69, 9.17) is 10.5 Å². The SMILES string of the molecule is CN1CCCC1CNc1ccc(N)c(OC(C)(C)C)n1. The molecule has 0 amide bonds. The summed E-state index contributed by atoms with van der Waals surface area (Å²) >= 11 is 0. The Morgan fingerprint density at radius 3 is 2.80 bits per heavy atom. The Morgan fingerprint density at radius 2 is 2.20 bits per heavy atom. The number of nitrogens with two attached hydrogens (primary N) is 1. The van der Waals surface area contributed by atoms with Crippen LogP contribution in [0.4, 0.5) is 11.5 Å². The summed E-state index contributed by atoms with van der Waals surface area (Å²) in [6, 6.07) is 4.33. The van der Waals surface area contributed by atoms with Gasteiger partial charge in [-0.1, -0.05) is 0 Å². The predicted octanol–water partition coefficient (Wildman–Crippen LogP) is 2.35. The number of nitrogens with one attached hydrogen (secondary N) is 1. The van der Waals surface area contributed by atoms with Crippen LogP contribution < -0.4 is 15.8 Å². The maximum atomic E-state index is 5.91. The Kier molecular flexibility index (Phi) is 4.38. The quantitative estimate of drug-likeness (QED) is 0.885. The molecule has 3 N–H and O–H groups in total. The van der Waals surface area contributed by atoms with Gasteiger partial charge in [0.15, 0.2) is 0 Å². The van der Waals surface area contributed by atoms with Crippen LogP contribution in [0.15, 0.2) is 12.1 Å². The van der Waals surface area contributed by atoms with Crippen molar-refractivity contribution in [1.82, 2.24) is 9.88 Å². The van der Waals surface area contributed by atoms with Crippen molar-refractivity contribution < 1.29 is 4.74 Å². The van der Waals surface area contributed by atoms with Crippen molar-refractivity contribution in [3.63, 3.8) is 0 Å². The molecule has 0 spiro atoms. The van der Waals surface area contributed by atoms with E-state index in [2.05, 4.69) is 22.2 Å². The smallest absolute Gasteiger partial charge is 0.239 e. The lowest BCUT2D eigenvalue weighted by molar-refractivity contribution is 0.125. The third kappa shape index (κ3) is 4.00. The van der Waals surface area contributed by atoms with Crippen LogP contribution in [-0.2, 0) is 0 Å². The fourth-order valence-electron chi connectivity index (χ4n) is 2.38. The Morgan fingerprint density at radius 1 is 1.45 bits per heavy atom. The van der Waals surface area contributed by atoms with E-state index in [0.29, 0.717) is 17.6 Å². The lowest BCUT2D eigenvalue weighted by Crippen LogP contribution is -2.31. The largest absolute Gasteiger partial charge is 0.470 e. The molecule has 0 radical (unpaired) electrons. The van der Waals surface area contributed by atoms with Crippen molar-refractivity contribution in [1.29, 1.82) is 0 Å². The molecule has 1 atom stereocenters. The Bertz CT molecular complexity index is 456. The third-order valence-corrected chi connectivity index (χ3v) is 3.48. The summed E-state index contributed by atoms with van der Waals surface area (Å²) in [7, 11) is 2.17. The molecule has 1 aromatic rings. The lowest BCUT2D eigenvalue weighted by atomic mass is 10.2. The first kappa shape index (κ1) is 14.9. The van der Waals surface area contributed by atoms with Gasteiger partial charge >= 0.3 is 0 Å². The van der Waals surface area contributed by atoms with Crippen molar-refractivity contribution in [2.45, 2.75) is 45.3 Å². The second-order valence-corrected chi connectivity index (χ2v) is 6.46. The minimum Gasteiger partial charge on any atom is -0.470 e. The zero-order valence-electron chi connectivity index (χ0n) is 12.9. The highest BCUT2D eigenvalue weighted by atomic mass is 16.5. The van der Waals surface area contributed by atoms with E-state index in [-0.39, 0.29) is 5.60 Å². The van der Waals surface area contributed by atoms with Crippen molar-refractivity contribution >= 4 is 11.5 Å². The highest BCUT2D eigenvalue weighted by Gasteiger charge is 2.21. The van der Waals surface area contributed by atoms with Crippen LogP contribution in [0.5, 0.6) is 5.88 Å². The van der Waals surface area contributed by atoms with Gasteiger partial charge in [-0.2, -0.15) is 4.98 Å². The van der Waals surface area contributed by atoms with Gasteiger partial charge in [0.05, 0.1) is 5.69 Å². The van der Waals surface area contributed by atoms with Gasteiger partial charge in [0.2, 0.25) is 5.88 Å². The van der Waals surface area contributed by atoms with Crippen molar-refractivity contribution in [3.8, 4) is 5.88 Å². The first-order valence-electron chi connectivity index (χ1n) is 7.25. The maximum Gasteiger partial charge on any atom is 0.239 e. The number of pyridine rings is 1. The maximum absolute atomic E-state index is 5.91. The van der Waals surface area contributed by atoms with Crippen LogP contribution in [0, 0.1) is 0 Å². The highest BCUT2D eigenvalue weighted by Crippen LogP contribution is 2.25. The van der Waals surface area contributed by atoms with Crippen LogP contribution in [-0.4, -0.2) is 41.7 Å². The van der Waals surface area contributed by atoms with Crippen molar-refractivity contribution in [3.05, 3.63) is 12.1 Å². The molecule has 1 aromatic heterocycles. The van der Waals surface area contributed by atoms with Gasteiger partial charge in [-0.3, -0.25) is 0 Å². The Balaban J connectivity index is 2.00. The number of hydrogen-bond acceptors (Lipinski definition) is 5. The second kappa shape index (κ2) is 5.87. The molecule has 0 bridgehead atoms. The minimum atomic E-state index is -0.300. The fraction of sp³-hybridized carbons (Fsp3) is 0.667. The molecule has 1 saturated heterocycles. The first-order chi connectivity index (χ1) is 9.35. The normalized spacial score (nSPS) is 20.1. The molecule has 2 rings (SSSR count). The molecule has 1 unspecified atom stereocenters. The van der Waals surface area contributed by atoms with Gasteiger partial charge in [0.1, 0.15) is 11.4 Å². The van der Waals surface area contributed by atoms with Crippen LogP contribution in [0.2, 0.25) is 0 Å². The molecular weight excluding hydrogens is 252 g/mol. The summed E-state index contributed by atoms with van der Waals surface area (Å²) in [5.41, 5.74) is 6.19. The number of likely N-dealkylation sites (tertiary alicyclic amines) is 1. The molecule has 2 heterocycles. The van der Waals surface area contributed by atoms with Crippen LogP contribution in [0.25, 0.3) is 0 Å². The average Bonchev–Trinajstić information content (AvgIpc) is 2.74. The molecular formula is C15H26N4O. The molecule has 0 aliphatic carbocycles. The van der Waals surface area contributed by atoms with E-state index in [1.54, 1.807) is 0 Å². The van der Waals surface area contributed by atoms with Gasteiger partial charge in [0.25, 0.3) is 0 Å². The summed E-state index contributed by atoms with van der Waals surface area (Å²) in [5, 5.41) is 3.38. The van der Waals surface area contributed by atoms with E-state index in [1.165, 1.54) is 19.4 Å². The number of likely N-dealkylation sites (N-methyl/N-ethyl adjacent to an activating group) is 1. The lowest BCUT2D eigenvalue weighted by Gasteiger charge is -2.23. The van der Waals surface area contributed by atoms with Crippen molar-refractivity contribution in [2.75, 3.05) is 31.2 Å². The molecule has 112 valence electrons. The number of rotatable bonds is 4. The van der Waals surface area contributed by atoms with Crippen LogP contribution in [0.3, 0.4) is 0 Å². The van der Waals surface area contributed by atoms with E-state index in [1.807, 2.05) is 32.9 Å². The van der Waals surface area contributed by atoms with Gasteiger partial charge < -0.3 is 20.7 Å². The second-order valence-electron chi connectivity index (χ2n) is 6.46. The van der Waals surface area contributed by atoms with Crippen LogP contribution in [0.1, 0.15) is 33.6 Å². The van der Waals surface area contributed by atoms with Gasteiger partial charge in [-0.25, -0.2) is 0 Å². The summed E-state index contributed by atoms with van der Waals surface area (Å²) in [6.45, 7) is 8.05. The monoisotopic (exact) mass is 278 g/mol. The summed E-state index contributed by atoms with van der Waals surface area (Å²) in [4.78, 5) is 6.85. The van der Waals surface area contributed by atoms with Gasteiger partial charge in [-0.05, 0) is 59.3 Å². The van der Waals surface area contributed by atoms with E-state index < -0.39 is 0 Å². The standard InChI is InChI=1S/C15H26N4O/c1-15(2,3)20-14-12(16)7-8-13(18-14)17-10-11-6-5-9-19(11)4/h7-8,11H,5-6,9-10,16H2,1-4H3,(H,17,18). The van der Waals surface area contributed by atoms with Gasteiger partial charge in [-0.15, -0.1) is 0 Å². The number of nitrogen functional groups attached to an aromatic ring is 1. The molecule has 20 heavy (non-hydrogen) atoms. The highest BCUT2D eigenvalue weighted by molar-refractivity contribution is 5.53.